The topological polar surface area (TPSA) is 191 Å². The van der Waals surface area contributed by atoms with Gasteiger partial charge in [-0.1, -0.05) is 12.1 Å². The van der Waals surface area contributed by atoms with Gasteiger partial charge in [-0.05, 0) is 49.9 Å². The molecule has 2 saturated heterocycles. The average molecular weight is 490 g/mol. The molecule has 0 radical (unpaired) electrons. The number of carbonyl (C=O) groups is 5. The van der Waals surface area contributed by atoms with Crippen LogP contribution in [0.5, 0.6) is 5.75 Å². The third-order valence-electron chi connectivity index (χ3n) is 6.23. The first-order valence-electron chi connectivity index (χ1n) is 11.6. The van der Waals surface area contributed by atoms with Crippen molar-refractivity contribution in [3.63, 3.8) is 0 Å². The van der Waals surface area contributed by atoms with E-state index in [1.54, 1.807) is 12.1 Å². The van der Waals surface area contributed by atoms with Crippen molar-refractivity contribution in [3.8, 4) is 5.75 Å². The van der Waals surface area contributed by atoms with Gasteiger partial charge in [-0.25, -0.2) is 4.79 Å². The predicted molar refractivity (Wildman–Crippen MR) is 123 cm³/mol. The largest absolute Gasteiger partial charge is 0.508 e. The van der Waals surface area contributed by atoms with Crippen LogP contribution in [0.25, 0.3) is 0 Å². The molecule has 1 aromatic rings. The molecule has 2 heterocycles. The van der Waals surface area contributed by atoms with Crippen LogP contribution in [0.4, 0.5) is 0 Å². The smallest absolute Gasteiger partial charge is 0.326 e. The molecule has 3 rings (SSSR count). The molecule has 4 amide bonds. The van der Waals surface area contributed by atoms with Crippen molar-refractivity contribution in [1.29, 1.82) is 0 Å². The molecule has 4 unspecified atom stereocenters. The fourth-order valence-electron chi connectivity index (χ4n) is 4.42. The maximum atomic E-state index is 13.2. The first kappa shape index (κ1) is 25.9. The molecule has 0 aliphatic carbocycles. The Balaban J connectivity index is 1.75. The summed E-state index contributed by atoms with van der Waals surface area (Å²) in [6, 6.07) is 2.15. The van der Waals surface area contributed by atoms with Crippen LogP contribution in [0, 0.1) is 0 Å². The molecule has 0 bridgehead atoms. The van der Waals surface area contributed by atoms with Gasteiger partial charge in [0.25, 0.3) is 0 Å². The highest BCUT2D eigenvalue weighted by atomic mass is 16.4. The lowest BCUT2D eigenvalue weighted by molar-refractivity contribution is -0.144. The van der Waals surface area contributed by atoms with Crippen molar-refractivity contribution >= 4 is 29.6 Å². The van der Waals surface area contributed by atoms with Gasteiger partial charge in [0.1, 0.15) is 23.9 Å². The quantitative estimate of drug-likeness (QED) is 0.231. The fourth-order valence-corrected chi connectivity index (χ4v) is 4.42. The maximum absolute atomic E-state index is 13.2. The lowest BCUT2D eigenvalue weighted by Gasteiger charge is -2.28. The first-order valence-corrected chi connectivity index (χ1v) is 11.6. The molecule has 2 aliphatic rings. The number of benzene rings is 1. The van der Waals surface area contributed by atoms with Crippen molar-refractivity contribution in [2.45, 2.75) is 62.7 Å². The van der Waals surface area contributed by atoms with Crippen molar-refractivity contribution in [2.24, 2.45) is 5.73 Å². The summed E-state index contributed by atoms with van der Waals surface area (Å²) < 4.78 is 0. The molecule has 2 fully saturated rings. The second kappa shape index (κ2) is 11.6. The van der Waals surface area contributed by atoms with Crippen LogP contribution in [0.3, 0.4) is 0 Å². The average Bonchev–Trinajstić information content (AvgIpc) is 3.51. The summed E-state index contributed by atoms with van der Waals surface area (Å²) in [6.45, 7) is 1.18. The number of hydrogen-bond donors (Lipinski definition) is 6. The van der Waals surface area contributed by atoms with Gasteiger partial charge in [-0.2, -0.15) is 0 Å². The van der Waals surface area contributed by atoms with Crippen LogP contribution < -0.4 is 21.7 Å². The van der Waals surface area contributed by atoms with Crippen LogP contribution in [0.15, 0.2) is 24.3 Å². The number of nitrogens with one attached hydrogen (secondary N) is 3. The number of carboxylic acids is 1. The summed E-state index contributed by atoms with van der Waals surface area (Å²) in [5.41, 5.74) is 5.69. The molecule has 35 heavy (non-hydrogen) atoms. The minimum absolute atomic E-state index is 0.00832. The molecule has 1 aromatic carbocycles. The van der Waals surface area contributed by atoms with Gasteiger partial charge in [-0.3, -0.25) is 19.2 Å². The Kier molecular flexibility index (Phi) is 8.63. The van der Waals surface area contributed by atoms with Gasteiger partial charge in [-0.15, -0.1) is 0 Å². The first-order chi connectivity index (χ1) is 16.7. The molecule has 4 atom stereocenters. The van der Waals surface area contributed by atoms with E-state index in [0.717, 1.165) is 13.0 Å². The number of carboxylic acid groups (broad SMARTS) is 1. The summed E-state index contributed by atoms with van der Waals surface area (Å²) in [7, 11) is 0. The van der Waals surface area contributed by atoms with Crippen LogP contribution in [-0.4, -0.2) is 82.0 Å². The van der Waals surface area contributed by atoms with Crippen molar-refractivity contribution in [3.05, 3.63) is 29.8 Å². The van der Waals surface area contributed by atoms with Gasteiger partial charge in [0.2, 0.25) is 23.6 Å². The summed E-state index contributed by atoms with van der Waals surface area (Å²) >= 11 is 0. The number of nitrogens with zero attached hydrogens (tertiary/aromatic N) is 1. The minimum Gasteiger partial charge on any atom is -0.508 e. The fraction of sp³-hybridized carbons (Fsp3) is 0.522. The highest BCUT2D eigenvalue weighted by Gasteiger charge is 2.39. The molecular weight excluding hydrogens is 458 g/mol. The SMILES string of the molecule is NC(=O)CC(NC(=O)C(Cc1ccc(O)cc1)NC(=O)C1CCCN1C(=O)C1CCCN1)C(=O)O. The molecule has 190 valence electrons. The number of likely N-dealkylation sites (tertiary alicyclic amines) is 1. The predicted octanol–water partition coefficient (Wildman–Crippen LogP) is -1.39. The summed E-state index contributed by atoms with van der Waals surface area (Å²) in [5.74, 6) is -3.80. The van der Waals surface area contributed by atoms with Crippen molar-refractivity contribution in [1.82, 2.24) is 20.9 Å². The molecule has 0 aromatic heterocycles. The van der Waals surface area contributed by atoms with E-state index in [0.29, 0.717) is 31.4 Å². The van der Waals surface area contributed by atoms with Gasteiger partial charge in [0, 0.05) is 13.0 Å². The Hall–Kier alpha value is -3.67. The Morgan fingerprint density at radius 1 is 1.06 bits per heavy atom. The number of phenolic OH excluding ortho intramolecular Hbond substituents is 1. The van der Waals surface area contributed by atoms with E-state index < -0.39 is 48.2 Å². The zero-order valence-corrected chi connectivity index (χ0v) is 19.2. The van der Waals surface area contributed by atoms with Gasteiger partial charge in [0.15, 0.2) is 0 Å². The van der Waals surface area contributed by atoms with E-state index in [9.17, 15) is 34.2 Å². The summed E-state index contributed by atoms with van der Waals surface area (Å²) in [6.07, 6.45) is 2.05. The number of rotatable bonds is 10. The Morgan fingerprint density at radius 3 is 2.37 bits per heavy atom. The van der Waals surface area contributed by atoms with E-state index in [2.05, 4.69) is 16.0 Å². The Labute approximate surface area is 202 Å². The van der Waals surface area contributed by atoms with Crippen LogP contribution in [0.1, 0.15) is 37.7 Å². The van der Waals surface area contributed by atoms with E-state index in [1.807, 2.05) is 0 Å². The van der Waals surface area contributed by atoms with Gasteiger partial charge < -0.3 is 36.8 Å². The van der Waals surface area contributed by atoms with Crippen LogP contribution in [0.2, 0.25) is 0 Å². The number of hydrogen-bond acceptors (Lipinski definition) is 7. The van der Waals surface area contributed by atoms with Crippen molar-refractivity contribution in [2.75, 3.05) is 13.1 Å². The molecule has 2 aliphatic heterocycles. The number of amides is 4. The zero-order valence-electron chi connectivity index (χ0n) is 19.2. The third-order valence-corrected chi connectivity index (χ3v) is 6.23. The lowest BCUT2D eigenvalue weighted by Crippen LogP contribution is -2.57. The van der Waals surface area contributed by atoms with Crippen LogP contribution in [-0.2, 0) is 30.4 Å². The van der Waals surface area contributed by atoms with E-state index >= 15 is 0 Å². The zero-order chi connectivity index (χ0) is 25.5. The minimum atomic E-state index is -1.56. The number of phenols is 1. The number of primary amides is 1. The lowest BCUT2D eigenvalue weighted by atomic mass is 10.0. The normalized spacial score (nSPS) is 21.2. The standard InChI is InChI=1S/C23H31N5O7/c24-19(30)12-17(23(34)35)27-20(31)16(11-13-5-7-14(29)8-6-13)26-21(32)18-4-2-10-28(18)22(33)15-3-1-9-25-15/h5-8,15-18,25,29H,1-4,9-12H2,(H2,24,30)(H,26,32)(H,27,31)(H,34,35). The molecule has 12 nitrogen and oxygen atoms in total. The molecule has 0 spiro atoms. The van der Waals surface area contributed by atoms with E-state index in [4.69, 9.17) is 5.73 Å². The van der Waals surface area contributed by atoms with E-state index in [-0.39, 0.29) is 24.1 Å². The molecular formula is C23H31N5O7. The Bertz CT molecular complexity index is 962. The summed E-state index contributed by atoms with van der Waals surface area (Å²) in [5, 5.41) is 26.9. The number of aromatic hydroxyl groups is 1. The summed E-state index contributed by atoms with van der Waals surface area (Å²) in [4.78, 5) is 63.3. The molecule has 0 saturated carbocycles. The second-order valence-electron chi connectivity index (χ2n) is 8.84. The monoisotopic (exact) mass is 489 g/mol. The third kappa shape index (κ3) is 6.92. The maximum Gasteiger partial charge on any atom is 0.326 e. The van der Waals surface area contributed by atoms with Gasteiger partial charge >= 0.3 is 5.97 Å². The second-order valence-corrected chi connectivity index (χ2v) is 8.84. The Morgan fingerprint density at radius 2 is 1.77 bits per heavy atom. The molecule has 12 heteroatoms. The number of carbonyl (C=O) groups excluding carboxylic acids is 4. The van der Waals surface area contributed by atoms with Crippen LogP contribution >= 0.6 is 0 Å². The number of aliphatic carboxylic acids is 1. The van der Waals surface area contributed by atoms with Crippen molar-refractivity contribution < 1.29 is 34.2 Å². The molecule has 7 N–H and O–H groups in total. The highest BCUT2D eigenvalue weighted by molar-refractivity contribution is 5.95. The van der Waals surface area contributed by atoms with E-state index in [1.165, 1.54) is 17.0 Å². The highest BCUT2D eigenvalue weighted by Crippen LogP contribution is 2.21. The number of nitrogens with two attached hydrogens (primary N) is 1. The van der Waals surface area contributed by atoms with Gasteiger partial charge in [0.05, 0.1) is 12.5 Å².